The minimum atomic E-state index is -0.765. The second-order valence-corrected chi connectivity index (χ2v) is 7.83. The normalized spacial score (nSPS) is 20.6. The number of aromatic nitrogens is 3. The molecule has 33 heavy (non-hydrogen) atoms. The third kappa shape index (κ3) is 5.98. The van der Waals surface area contributed by atoms with Crippen LogP contribution >= 0.6 is 0 Å². The molecular weight excluding hydrogens is 432 g/mol. The minimum absolute atomic E-state index is 0.0690. The molecule has 12 nitrogen and oxygen atoms in total. The third-order valence-corrected chi connectivity index (χ3v) is 5.87. The average Bonchev–Trinajstić information content (AvgIpc) is 3.36. The number of piperazine rings is 1. The fourth-order valence-electron chi connectivity index (χ4n) is 4.07. The number of benzene rings is 1. The molecule has 4 N–H and O–H groups in total. The van der Waals surface area contributed by atoms with Crippen molar-refractivity contribution in [2.75, 3.05) is 44.2 Å². The van der Waals surface area contributed by atoms with Gasteiger partial charge in [-0.2, -0.15) is 10.1 Å². The molecule has 2 amide bonds. The van der Waals surface area contributed by atoms with Crippen LogP contribution < -0.4 is 4.90 Å². The Morgan fingerprint density at radius 3 is 2.45 bits per heavy atom. The lowest BCUT2D eigenvalue weighted by molar-refractivity contribution is -0.146. The minimum Gasteiger partial charge on any atom is -0.508 e. The summed E-state index contributed by atoms with van der Waals surface area (Å²) in [5.74, 6) is -0.152. The number of aliphatic hydroxyl groups is 1. The van der Waals surface area contributed by atoms with Crippen molar-refractivity contribution in [1.29, 1.82) is 0 Å². The number of phenols is 1. The quantitative estimate of drug-likeness (QED) is 0.433. The van der Waals surface area contributed by atoms with Crippen molar-refractivity contribution < 1.29 is 29.7 Å². The van der Waals surface area contributed by atoms with Gasteiger partial charge in [-0.05, 0) is 12.5 Å². The van der Waals surface area contributed by atoms with Crippen LogP contribution in [0.1, 0.15) is 12.0 Å². The maximum Gasteiger partial charge on any atom is 0.290 e. The average molecular weight is 460 g/mol. The number of hydrogen-bond donors (Lipinski definition) is 4. The molecule has 3 heterocycles. The highest BCUT2D eigenvalue weighted by Gasteiger charge is 2.38. The Hall–Kier alpha value is -3.67. The number of carbonyl (C=O) groups excluding carboxylic acids is 2. The first-order valence-electron chi connectivity index (χ1n) is 10.6. The fraction of sp³-hybridized carbons (Fsp3) is 0.476. The van der Waals surface area contributed by atoms with Gasteiger partial charge in [0.25, 0.3) is 6.47 Å². The molecule has 0 aliphatic carbocycles. The fourth-order valence-corrected chi connectivity index (χ4v) is 4.07. The number of H-pyrrole nitrogens is 1. The van der Waals surface area contributed by atoms with Crippen molar-refractivity contribution in [3.8, 4) is 5.75 Å². The van der Waals surface area contributed by atoms with Crippen LogP contribution in [0.3, 0.4) is 0 Å². The first-order chi connectivity index (χ1) is 15.9. The summed E-state index contributed by atoms with van der Waals surface area (Å²) in [6, 6.07) is 6.74. The molecular formula is C21H28N6O6. The van der Waals surface area contributed by atoms with E-state index in [1.807, 2.05) is 4.90 Å². The van der Waals surface area contributed by atoms with Crippen LogP contribution in [-0.4, -0.2) is 104 Å². The van der Waals surface area contributed by atoms with Gasteiger partial charge < -0.3 is 30.0 Å². The molecule has 2 saturated heterocycles. The van der Waals surface area contributed by atoms with E-state index in [0.29, 0.717) is 50.7 Å². The smallest absolute Gasteiger partial charge is 0.290 e. The number of carboxylic acid groups (broad SMARTS) is 1. The van der Waals surface area contributed by atoms with Crippen molar-refractivity contribution in [3.63, 3.8) is 0 Å². The summed E-state index contributed by atoms with van der Waals surface area (Å²) in [4.78, 5) is 43.7. The van der Waals surface area contributed by atoms with Gasteiger partial charge in [-0.15, -0.1) is 0 Å². The summed E-state index contributed by atoms with van der Waals surface area (Å²) in [7, 11) is 0. The number of nitrogens with one attached hydrogen (secondary N) is 1. The summed E-state index contributed by atoms with van der Waals surface area (Å²) in [6.07, 6.45) is 1.12. The second kappa shape index (κ2) is 11.3. The predicted octanol–water partition coefficient (Wildman–Crippen LogP) is -0.688. The van der Waals surface area contributed by atoms with E-state index in [1.54, 1.807) is 34.1 Å². The lowest BCUT2D eigenvalue weighted by Crippen LogP contribution is -2.56. The van der Waals surface area contributed by atoms with Crippen LogP contribution in [0.15, 0.2) is 30.6 Å². The number of likely N-dealkylation sites (tertiary alicyclic amines) is 1. The van der Waals surface area contributed by atoms with E-state index in [-0.39, 0.29) is 37.0 Å². The Kier molecular flexibility index (Phi) is 8.19. The van der Waals surface area contributed by atoms with Crippen molar-refractivity contribution in [3.05, 3.63) is 36.2 Å². The Balaban J connectivity index is 0.000000968. The molecule has 178 valence electrons. The van der Waals surface area contributed by atoms with E-state index in [4.69, 9.17) is 9.90 Å². The van der Waals surface area contributed by atoms with Crippen molar-refractivity contribution in [2.24, 2.45) is 5.92 Å². The third-order valence-electron chi connectivity index (χ3n) is 5.87. The second-order valence-electron chi connectivity index (χ2n) is 7.83. The number of aliphatic hydroxyl groups excluding tert-OH is 1. The van der Waals surface area contributed by atoms with E-state index in [0.717, 1.165) is 0 Å². The standard InChI is InChI=1S/C20H26N6O4.CH2O2/c27-16-4-2-1-3-14(16)11-18(29)26-6-5-17(28)15(12-26)19(30)24-7-9-25(10-8-24)20-21-13-22-23-20;2-1-3/h1-4,13,15,17,27-28H,5-12H2,(H,21,22,23);1H,(H,2,3)/t15-,17+;/m0./s1. The summed E-state index contributed by atoms with van der Waals surface area (Å²) in [5, 5.41) is 33.9. The molecule has 0 saturated carbocycles. The van der Waals surface area contributed by atoms with Gasteiger partial charge in [0.15, 0.2) is 0 Å². The predicted molar refractivity (Wildman–Crippen MR) is 116 cm³/mol. The lowest BCUT2D eigenvalue weighted by atomic mass is 9.92. The summed E-state index contributed by atoms with van der Waals surface area (Å²) in [5.41, 5.74) is 0.556. The molecule has 0 spiro atoms. The molecule has 2 fully saturated rings. The van der Waals surface area contributed by atoms with Crippen LogP contribution in [0, 0.1) is 5.92 Å². The van der Waals surface area contributed by atoms with Gasteiger partial charge >= 0.3 is 0 Å². The Labute approximate surface area is 190 Å². The monoisotopic (exact) mass is 460 g/mol. The largest absolute Gasteiger partial charge is 0.508 e. The number of piperidine rings is 1. The van der Waals surface area contributed by atoms with Gasteiger partial charge in [0.05, 0.1) is 18.4 Å². The number of amides is 2. The van der Waals surface area contributed by atoms with Crippen LogP contribution in [0.4, 0.5) is 5.95 Å². The van der Waals surface area contributed by atoms with E-state index in [9.17, 15) is 19.8 Å². The zero-order chi connectivity index (χ0) is 23.8. The molecule has 2 aromatic rings. The van der Waals surface area contributed by atoms with Crippen LogP contribution in [0.5, 0.6) is 5.75 Å². The van der Waals surface area contributed by atoms with E-state index in [2.05, 4.69) is 15.2 Å². The number of aromatic hydroxyl groups is 1. The molecule has 4 rings (SSSR count). The number of anilines is 1. The highest BCUT2D eigenvalue weighted by Crippen LogP contribution is 2.23. The first-order valence-corrected chi connectivity index (χ1v) is 10.6. The van der Waals surface area contributed by atoms with Crippen LogP contribution in [-0.2, 0) is 20.8 Å². The van der Waals surface area contributed by atoms with Gasteiger partial charge in [0, 0.05) is 44.8 Å². The highest BCUT2D eigenvalue weighted by molar-refractivity contribution is 5.83. The van der Waals surface area contributed by atoms with Gasteiger partial charge in [-0.1, -0.05) is 18.2 Å². The molecule has 12 heteroatoms. The van der Waals surface area contributed by atoms with E-state index < -0.39 is 12.0 Å². The molecule has 0 bridgehead atoms. The number of rotatable bonds is 4. The van der Waals surface area contributed by atoms with Crippen molar-refractivity contribution in [2.45, 2.75) is 18.9 Å². The number of nitrogens with zero attached hydrogens (tertiary/aromatic N) is 5. The van der Waals surface area contributed by atoms with Crippen LogP contribution in [0.2, 0.25) is 0 Å². The molecule has 2 aliphatic rings. The molecule has 0 unspecified atom stereocenters. The maximum absolute atomic E-state index is 13.1. The number of carbonyl (C=O) groups is 3. The zero-order valence-electron chi connectivity index (χ0n) is 18.1. The Morgan fingerprint density at radius 1 is 1.12 bits per heavy atom. The Morgan fingerprint density at radius 2 is 1.82 bits per heavy atom. The molecule has 1 aromatic carbocycles. The summed E-state index contributed by atoms with van der Waals surface area (Å²) in [6.45, 7) is 2.63. The lowest BCUT2D eigenvalue weighted by Gasteiger charge is -2.40. The number of para-hydroxylation sites is 1. The SMILES string of the molecule is O=C(Cc1ccccc1O)N1CC[C@@H](O)[C@@H](C(=O)N2CCN(c3ncn[nH]3)CC2)C1.O=CO. The van der Waals surface area contributed by atoms with Crippen molar-refractivity contribution >= 4 is 24.2 Å². The molecule has 2 atom stereocenters. The maximum atomic E-state index is 13.1. The molecule has 1 aromatic heterocycles. The first kappa shape index (κ1) is 24.0. The van der Waals surface area contributed by atoms with Crippen LogP contribution in [0.25, 0.3) is 0 Å². The zero-order valence-corrected chi connectivity index (χ0v) is 18.1. The number of aromatic amines is 1. The van der Waals surface area contributed by atoms with Gasteiger partial charge in [0.2, 0.25) is 17.8 Å². The van der Waals surface area contributed by atoms with E-state index >= 15 is 0 Å². The van der Waals surface area contributed by atoms with Gasteiger partial charge in [0.1, 0.15) is 12.1 Å². The molecule has 2 aliphatic heterocycles. The summed E-state index contributed by atoms with van der Waals surface area (Å²) >= 11 is 0. The molecule has 0 radical (unpaired) electrons. The van der Waals surface area contributed by atoms with E-state index in [1.165, 1.54) is 6.33 Å². The van der Waals surface area contributed by atoms with Gasteiger partial charge in [-0.3, -0.25) is 14.4 Å². The number of phenolic OH excluding ortho intramolecular Hbond substituents is 1. The highest BCUT2D eigenvalue weighted by atomic mass is 16.3. The Bertz CT molecular complexity index is 931. The van der Waals surface area contributed by atoms with Gasteiger partial charge in [-0.25, -0.2) is 5.10 Å². The topological polar surface area (TPSA) is 163 Å². The van der Waals surface area contributed by atoms with Crippen molar-refractivity contribution in [1.82, 2.24) is 25.0 Å². The number of hydrogen-bond acceptors (Lipinski definition) is 8. The summed E-state index contributed by atoms with van der Waals surface area (Å²) < 4.78 is 0.